The van der Waals surface area contributed by atoms with Gasteiger partial charge in [-0.05, 0) is 57.0 Å². The van der Waals surface area contributed by atoms with Gasteiger partial charge in [-0.2, -0.15) is 0 Å². The number of rotatable bonds is 16. The Balaban J connectivity index is 0.00000480. The van der Waals surface area contributed by atoms with Gasteiger partial charge in [-0.25, -0.2) is 0 Å². The predicted octanol–water partition coefficient (Wildman–Crippen LogP) is 7.52. The highest BCUT2D eigenvalue weighted by atomic mass is 35.5. The smallest absolute Gasteiger partial charge is 0.222 e. The van der Waals surface area contributed by atoms with Crippen molar-refractivity contribution in [1.82, 2.24) is 10.2 Å². The molecule has 3 nitrogen and oxygen atoms in total. The molecule has 0 aromatic heterocycles. The minimum Gasteiger partial charge on any atom is -0.343 e. The number of nitrogens with one attached hydrogen (secondary N) is 1. The van der Waals surface area contributed by atoms with Crippen molar-refractivity contribution in [3.63, 3.8) is 0 Å². The lowest BCUT2D eigenvalue weighted by Gasteiger charge is -2.33. The quantitative estimate of drug-likeness (QED) is 0.243. The summed E-state index contributed by atoms with van der Waals surface area (Å²) in [6.07, 6.45) is 25.2. The first-order valence-electron chi connectivity index (χ1n) is 13.8. The van der Waals surface area contributed by atoms with Crippen LogP contribution in [0.15, 0.2) is 0 Å². The fourth-order valence-electron chi connectivity index (χ4n) is 5.39. The van der Waals surface area contributed by atoms with Gasteiger partial charge in [-0.15, -0.1) is 12.4 Å². The van der Waals surface area contributed by atoms with Crippen LogP contribution in [0.4, 0.5) is 0 Å². The van der Waals surface area contributed by atoms with Crippen LogP contribution in [0.25, 0.3) is 0 Å². The molecule has 2 fully saturated rings. The van der Waals surface area contributed by atoms with Gasteiger partial charge in [0, 0.05) is 19.5 Å². The fourth-order valence-corrected chi connectivity index (χ4v) is 5.39. The van der Waals surface area contributed by atoms with E-state index in [2.05, 4.69) is 17.1 Å². The summed E-state index contributed by atoms with van der Waals surface area (Å²) in [5, 5.41) is 3.47. The Morgan fingerprint density at radius 1 is 0.710 bits per heavy atom. The van der Waals surface area contributed by atoms with E-state index in [9.17, 15) is 4.79 Å². The number of piperidine rings is 2. The highest BCUT2D eigenvalue weighted by Gasteiger charge is 2.23. The van der Waals surface area contributed by atoms with Gasteiger partial charge in [0.2, 0.25) is 5.91 Å². The number of likely N-dealkylation sites (tertiary alicyclic amines) is 1. The average molecular weight is 457 g/mol. The van der Waals surface area contributed by atoms with E-state index in [0.717, 1.165) is 37.8 Å². The van der Waals surface area contributed by atoms with E-state index in [1.54, 1.807) is 0 Å². The Bertz CT molecular complexity index is 417. The van der Waals surface area contributed by atoms with Crippen molar-refractivity contribution in [3.8, 4) is 0 Å². The van der Waals surface area contributed by atoms with E-state index < -0.39 is 0 Å². The molecule has 31 heavy (non-hydrogen) atoms. The van der Waals surface area contributed by atoms with Crippen molar-refractivity contribution < 1.29 is 4.79 Å². The fraction of sp³-hybridized carbons (Fsp3) is 0.963. The molecule has 2 aliphatic rings. The largest absolute Gasteiger partial charge is 0.343 e. The van der Waals surface area contributed by atoms with E-state index in [-0.39, 0.29) is 12.4 Å². The van der Waals surface area contributed by atoms with Crippen LogP contribution in [0.1, 0.15) is 129 Å². The lowest BCUT2D eigenvalue weighted by atomic mass is 9.85. The summed E-state index contributed by atoms with van der Waals surface area (Å²) < 4.78 is 0. The molecule has 2 saturated heterocycles. The molecule has 0 aliphatic carbocycles. The standard InChI is InChI=1S/C27H52N2O.ClH/c1-2-3-4-5-6-7-8-9-10-11-12-13-14-27(30)29-23-19-26(20-24-29)16-15-25-17-21-28-22-18-25;/h25-26,28H,2-24H2,1H3;1H. The third-order valence-corrected chi connectivity index (χ3v) is 7.65. The number of carbonyl (C=O) groups is 1. The second-order valence-corrected chi connectivity index (χ2v) is 10.2. The molecule has 0 unspecified atom stereocenters. The molecule has 0 atom stereocenters. The molecular weight excluding hydrogens is 404 g/mol. The monoisotopic (exact) mass is 456 g/mol. The molecule has 1 N–H and O–H groups in total. The SMILES string of the molecule is CCCCCCCCCCCCCCC(=O)N1CCC(CCC2CCNCC2)CC1.Cl. The van der Waals surface area contributed by atoms with Gasteiger partial charge < -0.3 is 10.2 Å². The molecule has 2 heterocycles. The molecule has 2 rings (SSSR count). The molecule has 184 valence electrons. The number of amides is 1. The number of nitrogens with zero attached hydrogens (tertiary/aromatic N) is 1. The molecule has 0 saturated carbocycles. The highest BCUT2D eigenvalue weighted by molar-refractivity contribution is 5.85. The van der Waals surface area contributed by atoms with Crippen LogP contribution in [0.3, 0.4) is 0 Å². The van der Waals surface area contributed by atoms with Crippen LogP contribution >= 0.6 is 12.4 Å². The summed E-state index contributed by atoms with van der Waals surface area (Å²) in [7, 11) is 0. The first-order chi connectivity index (χ1) is 14.8. The second kappa shape index (κ2) is 19.2. The Hall–Kier alpha value is -0.280. The lowest BCUT2D eigenvalue weighted by Crippen LogP contribution is -2.38. The predicted molar refractivity (Wildman–Crippen MR) is 137 cm³/mol. The van der Waals surface area contributed by atoms with Gasteiger partial charge in [0.25, 0.3) is 0 Å². The summed E-state index contributed by atoms with van der Waals surface area (Å²) in [6, 6.07) is 0. The van der Waals surface area contributed by atoms with Crippen LogP contribution in [0.2, 0.25) is 0 Å². The van der Waals surface area contributed by atoms with Gasteiger partial charge in [-0.1, -0.05) is 90.4 Å². The number of hydrogen-bond donors (Lipinski definition) is 1. The Kier molecular flexibility index (Phi) is 17.8. The van der Waals surface area contributed by atoms with Crippen LogP contribution in [0, 0.1) is 11.8 Å². The normalized spacial score (nSPS) is 18.2. The molecular formula is C27H53ClN2O. The molecule has 1 amide bonds. The Morgan fingerprint density at radius 3 is 1.68 bits per heavy atom. The van der Waals surface area contributed by atoms with Crippen molar-refractivity contribution in [2.24, 2.45) is 11.8 Å². The third kappa shape index (κ3) is 13.8. The van der Waals surface area contributed by atoms with Gasteiger partial charge >= 0.3 is 0 Å². The van der Waals surface area contributed by atoms with E-state index in [4.69, 9.17) is 0 Å². The van der Waals surface area contributed by atoms with Crippen molar-refractivity contribution in [2.45, 2.75) is 129 Å². The first kappa shape index (κ1) is 28.8. The molecule has 0 radical (unpaired) electrons. The van der Waals surface area contributed by atoms with Crippen molar-refractivity contribution >= 4 is 18.3 Å². The third-order valence-electron chi connectivity index (χ3n) is 7.65. The van der Waals surface area contributed by atoms with Gasteiger partial charge in [-0.3, -0.25) is 4.79 Å². The van der Waals surface area contributed by atoms with Crippen molar-refractivity contribution in [1.29, 1.82) is 0 Å². The zero-order valence-electron chi connectivity index (χ0n) is 20.7. The molecule has 0 bridgehead atoms. The molecule has 0 spiro atoms. The number of halogens is 1. The lowest BCUT2D eigenvalue weighted by molar-refractivity contribution is -0.132. The van der Waals surface area contributed by atoms with Crippen LogP contribution in [-0.4, -0.2) is 37.0 Å². The van der Waals surface area contributed by atoms with Crippen molar-refractivity contribution in [3.05, 3.63) is 0 Å². The zero-order chi connectivity index (χ0) is 21.3. The molecule has 0 aromatic rings. The summed E-state index contributed by atoms with van der Waals surface area (Å²) in [5.41, 5.74) is 0. The van der Waals surface area contributed by atoms with Crippen molar-refractivity contribution in [2.75, 3.05) is 26.2 Å². The van der Waals surface area contributed by atoms with E-state index >= 15 is 0 Å². The summed E-state index contributed by atoms with van der Waals surface area (Å²) in [5.74, 6) is 2.26. The molecule has 4 heteroatoms. The summed E-state index contributed by atoms with van der Waals surface area (Å²) in [4.78, 5) is 14.7. The maximum Gasteiger partial charge on any atom is 0.222 e. The van der Waals surface area contributed by atoms with Gasteiger partial charge in [0.05, 0.1) is 0 Å². The van der Waals surface area contributed by atoms with E-state index in [1.807, 2.05) is 0 Å². The number of hydrogen-bond acceptors (Lipinski definition) is 2. The van der Waals surface area contributed by atoms with Gasteiger partial charge in [0.15, 0.2) is 0 Å². The zero-order valence-corrected chi connectivity index (χ0v) is 21.5. The number of carbonyl (C=O) groups excluding carboxylic acids is 1. The Labute approximate surface area is 200 Å². The maximum absolute atomic E-state index is 12.5. The van der Waals surface area contributed by atoms with Crippen LogP contribution < -0.4 is 5.32 Å². The van der Waals surface area contributed by atoms with Gasteiger partial charge in [0.1, 0.15) is 0 Å². The van der Waals surface area contributed by atoms with E-state index in [0.29, 0.717) is 5.91 Å². The molecule has 2 aliphatic heterocycles. The summed E-state index contributed by atoms with van der Waals surface area (Å²) in [6.45, 7) is 6.77. The minimum absolute atomic E-state index is 0. The minimum atomic E-state index is 0. The first-order valence-corrected chi connectivity index (χ1v) is 13.8. The Morgan fingerprint density at radius 2 is 1.16 bits per heavy atom. The average Bonchev–Trinajstić information content (AvgIpc) is 2.79. The second-order valence-electron chi connectivity index (χ2n) is 10.2. The van der Waals surface area contributed by atoms with Crippen LogP contribution in [-0.2, 0) is 4.79 Å². The summed E-state index contributed by atoms with van der Waals surface area (Å²) >= 11 is 0. The maximum atomic E-state index is 12.5. The topological polar surface area (TPSA) is 32.3 Å². The highest BCUT2D eigenvalue weighted by Crippen LogP contribution is 2.27. The van der Waals surface area contributed by atoms with Crippen LogP contribution in [0.5, 0.6) is 0 Å². The molecule has 0 aromatic carbocycles. The number of unbranched alkanes of at least 4 members (excludes halogenated alkanes) is 11. The van der Waals surface area contributed by atoms with E-state index in [1.165, 1.54) is 122 Å².